The fourth-order valence-corrected chi connectivity index (χ4v) is 4.73. The van der Waals surface area contributed by atoms with Gasteiger partial charge in [0.1, 0.15) is 6.61 Å². The number of halogens is 2. The minimum atomic E-state index is -0.311. The van der Waals surface area contributed by atoms with Crippen LogP contribution in [0.3, 0.4) is 0 Å². The smallest absolute Gasteiger partial charge is 0.338 e. The molecule has 164 valence electrons. The number of hydrogen-bond donors (Lipinski definition) is 1. The van der Waals surface area contributed by atoms with Gasteiger partial charge in [-0.2, -0.15) is 0 Å². The molecule has 29 heavy (non-hydrogen) atoms. The molecule has 0 atom stereocenters. The van der Waals surface area contributed by atoms with Crippen molar-refractivity contribution in [1.82, 2.24) is 9.80 Å². The number of nitrogens with two attached hydrogens (primary N) is 1. The lowest BCUT2D eigenvalue weighted by molar-refractivity contribution is 0.0466. The average molecular weight is 489 g/mol. The summed E-state index contributed by atoms with van der Waals surface area (Å²) in [5.74, 6) is 0.264. The van der Waals surface area contributed by atoms with E-state index in [1.54, 1.807) is 6.07 Å². The highest BCUT2D eigenvalue weighted by Gasteiger charge is 2.22. The summed E-state index contributed by atoms with van der Waals surface area (Å²) in [5, 5.41) is 0. The lowest BCUT2D eigenvalue weighted by atomic mass is 9.93. The van der Waals surface area contributed by atoms with Crippen molar-refractivity contribution in [2.75, 3.05) is 44.4 Å². The van der Waals surface area contributed by atoms with E-state index in [4.69, 9.17) is 22.1 Å². The SMILES string of the molecule is CCN(CCCl)CCOC(=O)c1cc(Br)c(N)c(CN(CC)C2CCCCC2)c1. The minimum absolute atomic E-state index is 0.311. The van der Waals surface area contributed by atoms with Crippen LogP contribution >= 0.6 is 27.5 Å². The molecule has 5 nitrogen and oxygen atoms in total. The van der Waals surface area contributed by atoms with Crippen LogP contribution in [-0.4, -0.2) is 60.5 Å². The molecule has 7 heteroatoms. The predicted molar refractivity (Wildman–Crippen MR) is 125 cm³/mol. The Balaban J connectivity index is 2.04. The quantitative estimate of drug-likeness (QED) is 0.273. The van der Waals surface area contributed by atoms with E-state index in [9.17, 15) is 4.79 Å². The van der Waals surface area contributed by atoms with Crippen molar-refractivity contribution in [3.05, 3.63) is 27.7 Å². The van der Waals surface area contributed by atoms with Gasteiger partial charge in [0.2, 0.25) is 0 Å². The number of ether oxygens (including phenoxy) is 1. The summed E-state index contributed by atoms with van der Waals surface area (Å²) in [4.78, 5) is 17.2. The Hall–Kier alpha value is -0.820. The van der Waals surface area contributed by atoms with E-state index < -0.39 is 0 Å². The largest absolute Gasteiger partial charge is 0.461 e. The summed E-state index contributed by atoms with van der Waals surface area (Å²) in [6.45, 7) is 8.71. The average Bonchev–Trinajstić information content (AvgIpc) is 2.74. The third-order valence-electron chi connectivity index (χ3n) is 5.81. The number of likely N-dealkylation sites (N-methyl/N-ethyl adjacent to an activating group) is 1. The van der Waals surface area contributed by atoms with E-state index in [0.29, 0.717) is 36.3 Å². The van der Waals surface area contributed by atoms with Crippen molar-refractivity contribution < 1.29 is 9.53 Å². The lowest BCUT2D eigenvalue weighted by Gasteiger charge is -2.34. The second kappa shape index (κ2) is 12.8. The molecule has 1 fully saturated rings. The minimum Gasteiger partial charge on any atom is -0.461 e. The predicted octanol–water partition coefficient (Wildman–Crippen LogP) is 4.90. The molecule has 0 saturated heterocycles. The topological polar surface area (TPSA) is 58.8 Å². The van der Waals surface area contributed by atoms with Gasteiger partial charge in [0.15, 0.2) is 0 Å². The van der Waals surface area contributed by atoms with Crippen molar-refractivity contribution >= 4 is 39.2 Å². The normalized spacial score (nSPS) is 15.2. The maximum absolute atomic E-state index is 12.6. The third kappa shape index (κ3) is 7.42. The van der Waals surface area contributed by atoms with E-state index in [2.05, 4.69) is 39.6 Å². The molecule has 0 amide bonds. The molecule has 0 aromatic heterocycles. The lowest BCUT2D eigenvalue weighted by Crippen LogP contribution is -2.36. The fourth-order valence-electron chi connectivity index (χ4n) is 3.99. The zero-order chi connectivity index (χ0) is 21.2. The Labute approximate surface area is 189 Å². The highest BCUT2D eigenvalue weighted by Crippen LogP contribution is 2.29. The van der Waals surface area contributed by atoms with Gasteiger partial charge < -0.3 is 10.5 Å². The van der Waals surface area contributed by atoms with Crippen molar-refractivity contribution in [1.29, 1.82) is 0 Å². The number of nitrogens with zero attached hydrogens (tertiary/aromatic N) is 2. The van der Waals surface area contributed by atoms with Gasteiger partial charge in [-0.1, -0.05) is 33.1 Å². The molecular weight excluding hydrogens is 454 g/mol. The monoisotopic (exact) mass is 487 g/mol. The van der Waals surface area contributed by atoms with Gasteiger partial charge >= 0.3 is 5.97 Å². The van der Waals surface area contributed by atoms with Crippen LogP contribution in [0.25, 0.3) is 0 Å². The first-order chi connectivity index (χ1) is 14.0. The van der Waals surface area contributed by atoms with Crippen LogP contribution in [0, 0.1) is 0 Å². The molecule has 0 bridgehead atoms. The number of carbonyl (C=O) groups is 1. The summed E-state index contributed by atoms with van der Waals surface area (Å²) < 4.78 is 6.25. The van der Waals surface area contributed by atoms with Crippen LogP contribution in [0.4, 0.5) is 5.69 Å². The van der Waals surface area contributed by atoms with Gasteiger partial charge in [0.05, 0.1) is 11.3 Å². The highest BCUT2D eigenvalue weighted by atomic mass is 79.9. The Bertz CT molecular complexity index is 653. The molecule has 0 spiro atoms. The summed E-state index contributed by atoms with van der Waals surface area (Å²) in [5.41, 5.74) is 8.56. The number of rotatable bonds is 11. The zero-order valence-electron chi connectivity index (χ0n) is 17.8. The molecule has 2 N–H and O–H groups in total. The Kier molecular flexibility index (Phi) is 10.8. The van der Waals surface area contributed by atoms with Crippen molar-refractivity contribution in [3.63, 3.8) is 0 Å². The first-order valence-corrected chi connectivity index (χ1v) is 12.1. The van der Waals surface area contributed by atoms with Crippen LogP contribution in [0.5, 0.6) is 0 Å². The highest BCUT2D eigenvalue weighted by molar-refractivity contribution is 9.10. The van der Waals surface area contributed by atoms with E-state index in [1.165, 1.54) is 32.1 Å². The van der Waals surface area contributed by atoms with E-state index in [-0.39, 0.29) is 5.97 Å². The van der Waals surface area contributed by atoms with E-state index in [0.717, 1.165) is 36.2 Å². The molecule has 1 aliphatic carbocycles. The van der Waals surface area contributed by atoms with Crippen LogP contribution in [0.1, 0.15) is 61.9 Å². The van der Waals surface area contributed by atoms with Crippen molar-refractivity contribution in [2.45, 2.75) is 58.5 Å². The van der Waals surface area contributed by atoms with Crippen LogP contribution in [0.2, 0.25) is 0 Å². The van der Waals surface area contributed by atoms with Crippen molar-refractivity contribution in [2.24, 2.45) is 0 Å². The third-order valence-corrected chi connectivity index (χ3v) is 6.64. The standard InChI is InChI=1S/C22H35BrClN3O2/c1-3-26(11-10-24)12-13-29-22(28)17-14-18(21(25)20(23)15-17)16-27(4-2)19-8-6-5-7-9-19/h14-15,19H,3-13,16,25H2,1-2H3. The Morgan fingerprint density at radius 3 is 2.55 bits per heavy atom. The maximum atomic E-state index is 12.6. The number of esters is 1. The molecule has 0 aliphatic heterocycles. The summed E-state index contributed by atoms with van der Waals surface area (Å²) >= 11 is 9.32. The van der Waals surface area contributed by atoms with E-state index >= 15 is 0 Å². The number of anilines is 1. The maximum Gasteiger partial charge on any atom is 0.338 e. The number of alkyl halides is 1. The van der Waals surface area contributed by atoms with Gasteiger partial charge in [-0.3, -0.25) is 9.80 Å². The van der Waals surface area contributed by atoms with Gasteiger partial charge in [-0.15, -0.1) is 11.6 Å². The number of hydrogen-bond acceptors (Lipinski definition) is 5. The molecular formula is C22H35BrClN3O2. The van der Waals surface area contributed by atoms with Gasteiger partial charge in [-0.25, -0.2) is 4.79 Å². The summed E-state index contributed by atoms with van der Waals surface area (Å²) in [6.07, 6.45) is 6.42. The van der Waals surface area contributed by atoms with Crippen LogP contribution in [0.15, 0.2) is 16.6 Å². The second-order valence-corrected chi connectivity index (χ2v) is 8.88. The summed E-state index contributed by atoms with van der Waals surface area (Å²) in [7, 11) is 0. The van der Waals surface area contributed by atoms with E-state index in [1.807, 2.05) is 6.07 Å². The molecule has 1 aromatic carbocycles. The van der Waals surface area contributed by atoms with Gasteiger partial charge in [0, 0.05) is 36.0 Å². The van der Waals surface area contributed by atoms with Crippen LogP contribution < -0.4 is 5.73 Å². The molecule has 1 aromatic rings. The summed E-state index contributed by atoms with van der Waals surface area (Å²) in [6, 6.07) is 4.25. The number of carbonyl (C=O) groups excluding carboxylic acids is 1. The van der Waals surface area contributed by atoms with Crippen LogP contribution in [-0.2, 0) is 11.3 Å². The molecule has 2 rings (SSSR count). The molecule has 1 saturated carbocycles. The first-order valence-electron chi connectivity index (χ1n) is 10.8. The molecule has 0 heterocycles. The van der Waals surface area contributed by atoms with Gasteiger partial charge in [-0.05, 0) is 59.6 Å². The zero-order valence-corrected chi connectivity index (χ0v) is 20.1. The molecule has 1 aliphatic rings. The molecule has 0 unspecified atom stereocenters. The van der Waals surface area contributed by atoms with Gasteiger partial charge in [0.25, 0.3) is 0 Å². The Morgan fingerprint density at radius 1 is 1.21 bits per heavy atom. The first kappa shape index (κ1) is 24.4. The Morgan fingerprint density at radius 2 is 1.93 bits per heavy atom. The fraction of sp³-hybridized carbons (Fsp3) is 0.682. The number of benzene rings is 1. The molecule has 0 radical (unpaired) electrons. The van der Waals surface area contributed by atoms with Crippen molar-refractivity contribution in [3.8, 4) is 0 Å². The second-order valence-electron chi connectivity index (χ2n) is 7.64. The number of nitrogen functional groups attached to an aromatic ring is 1.